The molecule has 0 aliphatic carbocycles. The van der Waals surface area contributed by atoms with E-state index >= 15 is 0 Å². The quantitative estimate of drug-likeness (QED) is 0.716. The van der Waals surface area contributed by atoms with E-state index in [9.17, 15) is 0 Å². The van der Waals surface area contributed by atoms with Gasteiger partial charge in [0.15, 0.2) is 0 Å². The summed E-state index contributed by atoms with van der Waals surface area (Å²) in [5, 5.41) is 0. The van der Waals surface area contributed by atoms with E-state index in [1.165, 1.54) is 11.1 Å². The second-order valence-electron chi connectivity index (χ2n) is 3.49. The van der Waals surface area contributed by atoms with Gasteiger partial charge < -0.3 is 4.74 Å². The van der Waals surface area contributed by atoms with Crippen molar-refractivity contribution in [2.24, 2.45) is 0 Å². The van der Waals surface area contributed by atoms with Gasteiger partial charge in [-0.3, -0.25) is 0 Å². The SMILES string of the molecule is COc1c[c]ccc1-c1ccc(C)cc1. The topological polar surface area (TPSA) is 9.23 Å². The second-order valence-corrected chi connectivity index (χ2v) is 3.49. The highest BCUT2D eigenvalue weighted by Gasteiger charge is 2.03. The highest BCUT2D eigenvalue weighted by Crippen LogP contribution is 2.29. The summed E-state index contributed by atoms with van der Waals surface area (Å²) in [5.74, 6) is 0.862. The van der Waals surface area contributed by atoms with Crippen LogP contribution in [0.15, 0.2) is 42.5 Å². The van der Waals surface area contributed by atoms with Crippen molar-refractivity contribution in [3.05, 3.63) is 54.1 Å². The van der Waals surface area contributed by atoms with Gasteiger partial charge in [0.05, 0.1) is 7.11 Å². The molecule has 0 heterocycles. The van der Waals surface area contributed by atoms with E-state index in [1.54, 1.807) is 7.11 Å². The summed E-state index contributed by atoms with van der Waals surface area (Å²) in [6, 6.07) is 17.2. The molecule has 0 amide bonds. The van der Waals surface area contributed by atoms with Gasteiger partial charge in [-0.2, -0.15) is 0 Å². The van der Waals surface area contributed by atoms with Crippen molar-refractivity contribution in [2.75, 3.05) is 7.11 Å². The van der Waals surface area contributed by atoms with Gasteiger partial charge in [0.1, 0.15) is 5.75 Å². The van der Waals surface area contributed by atoms with Crippen molar-refractivity contribution in [3.63, 3.8) is 0 Å². The van der Waals surface area contributed by atoms with Crippen LogP contribution in [0.4, 0.5) is 0 Å². The van der Waals surface area contributed by atoms with Gasteiger partial charge in [-0.05, 0) is 24.6 Å². The van der Waals surface area contributed by atoms with Crippen molar-refractivity contribution in [3.8, 4) is 16.9 Å². The number of methoxy groups -OCH3 is 1. The molecule has 0 aromatic heterocycles. The van der Waals surface area contributed by atoms with Crippen molar-refractivity contribution in [1.82, 2.24) is 0 Å². The Balaban J connectivity index is 2.49. The van der Waals surface area contributed by atoms with Gasteiger partial charge >= 0.3 is 0 Å². The smallest absolute Gasteiger partial charge is 0.127 e. The van der Waals surface area contributed by atoms with Crippen LogP contribution in [0.25, 0.3) is 11.1 Å². The van der Waals surface area contributed by atoms with Crippen LogP contribution in [0.3, 0.4) is 0 Å². The zero-order valence-corrected chi connectivity index (χ0v) is 8.95. The largest absolute Gasteiger partial charge is 0.496 e. The Hall–Kier alpha value is -1.76. The number of ether oxygens (including phenoxy) is 1. The Morgan fingerprint density at radius 1 is 1.07 bits per heavy atom. The average molecular weight is 197 g/mol. The summed E-state index contributed by atoms with van der Waals surface area (Å²) >= 11 is 0. The van der Waals surface area contributed by atoms with Gasteiger partial charge in [-0.25, -0.2) is 0 Å². The normalized spacial score (nSPS) is 10.0. The first kappa shape index (κ1) is 9.78. The summed E-state index contributed by atoms with van der Waals surface area (Å²) in [4.78, 5) is 0. The molecule has 2 aromatic rings. The van der Waals surface area contributed by atoms with Crippen LogP contribution in [0.5, 0.6) is 5.75 Å². The Kier molecular flexibility index (Phi) is 2.72. The Bertz CT molecular complexity index is 443. The Morgan fingerprint density at radius 2 is 1.80 bits per heavy atom. The molecule has 0 aliphatic rings. The fourth-order valence-electron chi connectivity index (χ4n) is 1.56. The molecular weight excluding hydrogens is 184 g/mol. The number of hydrogen-bond acceptors (Lipinski definition) is 1. The molecule has 1 heteroatoms. The minimum atomic E-state index is 0.862. The van der Waals surface area contributed by atoms with Crippen molar-refractivity contribution < 1.29 is 4.74 Å². The number of aryl methyl sites for hydroxylation is 1. The molecular formula is C14H13O. The highest BCUT2D eigenvalue weighted by molar-refractivity contribution is 5.70. The standard InChI is InChI=1S/C14H13O/c1-11-7-9-12(10-8-11)13-5-3-4-6-14(13)15-2/h3,5-10H,1-2H3. The minimum absolute atomic E-state index is 0.862. The fourth-order valence-corrected chi connectivity index (χ4v) is 1.56. The number of hydrogen-bond donors (Lipinski definition) is 0. The first-order valence-electron chi connectivity index (χ1n) is 4.92. The van der Waals surface area contributed by atoms with Crippen LogP contribution < -0.4 is 4.74 Å². The fraction of sp³-hybridized carbons (Fsp3) is 0.143. The second kappa shape index (κ2) is 4.18. The lowest BCUT2D eigenvalue weighted by molar-refractivity contribution is 0.416. The third-order valence-corrected chi connectivity index (χ3v) is 2.41. The Morgan fingerprint density at radius 3 is 2.47 bits per heavy atom. The summed E-state index contributed by atoms with van der Waals surface area (Å²) in [6.07, 6.45) is 0. The summed E-state index contributed by atoms with van der Waals surface area (Å²) in [6.45, 7) is 2.08. The van der Waals surface area contributed by atoms with Gasteiger partial charge in [0.2, 0.25) is 0 Å². The van der Waals surface area contributed by atoms with Gasteiger partial charge in [0.25, 0.3) is 0 Å². The van der Waals surface area contributed by atoms with E-state index in [4.69, 9.17) is 4.74 Å². The molecule has 1 nitrogen and oxygen atoms in total. The molecule has 0 bridgehead atoms. The maximum Gasteiger partial charge on any atom is 0.127 e. The summed E-state index contributed by atoms with van der Waals surface area (Å²) in [7, 11) is 1.68. The van der Waals surface area contributed by atoms with Gasteiger partial charge in [0, 0.05) is 5.56 Å². The van der Waals surface area contributed by atoms with E-state index < -0.39 is 0 Å². The van der Waals surface area contributed by atoms with Crippen molar-refractivity contribution in [1.29, 1.82) is 0 Å². The lowest BCUT2D eigenvalue weighted by atomic mass is 10.0. The number of benzene rings is 2. The molecule has 0 spiro atoms. The molecule has 75 valence electrons. The highest BCUT2D eigenvalue weighted by atomic mass is 16.5. The van der Waals surface area contributed by atoms with Gasteiger partial charge in [-0.15, -0.1) is 0 Å². The van der Waals surface area contributed by atoms with Gasteiger partial charge in [-0.1, -0.05) is 42.0 Å². The molecule has 0 N–H and O–H groups in total. The lowest BCUT2D eigenvalue weighted by Crippen LogP contribution is -1.87. The minimum Gasteiger partial charge on any atom is -0.496 e. The third kappa shape index (κ3) is 2.01. The van der Waals surface area contributed by atoms with Crippen molar-refractivity contribution in [2.45, 2.75) is 6.92 Å². The van der Waals surface area contributed by atoms with E-state index in [0.29, 0.717) is 0 Å². The summed E-state index contributed by atoms with van der Waals surface area (Å²) in [5.41, 5.74) is 3.54. The predicted molar refractivity (Wildman–Crippen MR) is 62.0 cm³/mol. The van der Waals surface area contributed by atoms with Crippen LogP contribution in [-0.2, 0) is 0 Å². The molecule has 2 aromatic carbocycles. The van der Waals surface area contributed by atoms with E-state index in [1.807, 2.05) is 18.2 Å². The maximum absolute atomic E-state index is 5.30. The van der Waals surface area contributed by atoms with Crippen LogP contribution in [-0.4, -0.2) is 7.11 Å². The average Bonchev–Trinajstić information content (AvgIpc) is 2.30. The molecule has 0 aliphatic heterocycles. The molecule has 2 rings (SSSR count). The van der Waals surface area contributed by atoms with Crippen LogP contribution in [0.2, 0.25) is 0 Å². The molecule has 0 atom stereocenters. The lowest BCUT2D eigenvalue weighted by Gasteiger charge is -2.07. The zero-order chi connectivity index (χ0) is 10.7. The van der Waals surface area contributed by atoms with Crippen LogP contribution in [0, 0.1) is 13.0 Å². The first-order chi connectivity index (χ1) is 7.31. The molecule has 0 unspecified atom stereocenters. The predicted octanol–water partition coefficient (Wildman–Crippen LogP) is 3.47. The molecule has 15 heavy (non-hydrogen) atoms. The van der Waals surface area contributed by atoms with E-state index in [2.05, 4.69) is 37.3 Å². The molecule has 1 radical (unpaired) electrons. The third-order valence-electron chi connectivity index (χ3n) is 2.41. The monoisotopic (exact) mass is 197 g/mol. The first-order valence-corrected chi connectivity index (χ1v) is 4.92. The number of rotatable bonds is 2. The molecule has 0 fully saturated rings. The molecule has 0 saturated carbocycles. The Labute approximate surface area is 90.3 Å². The maximum atomic E-state index is 5.30. The van der Waals surface area contributed by atoms with Crippen LogP contribution >= 0.6 is 0 Å². The van der Waals surface area contributed by atoms with E-state index in [0.717, 1.165) is 11.3 Å². The van der Waals surface area contributed by atoms with Crippen molar-refractivity contribution >= 4 is 0 Å². The van der Waals surface area contributed by atoms with Crippen LogP contribution in [0.1, 0.15) is 5.56 Å². The molecule has 0 saturated heterocycles. The summed E-state index contributed by atoms with van der Waals surface area (Å²) < 4.78 is 5.30. The zero-order valence-electron chi connectivity index (χ0n) is 8.95. The van der Waals surface area contributed by atoms with E-state index in [-0.39, 0.29) is 0 Å².